The van der Waals surface area contributed by atoms with Gasteiger partial charge in [0.05, 0.1) is 12.0 Å². The molecule has 0 aliphatic rings. The summed E-state index contributed by atoms with van der Waals surface area (Å²) in [5, 5.41) is 0. The van der Waals surface area contributed by atoms with Crippen LogP contribution in [-0.2, 0) is 6.54 Å². The molecule has 0 radical (unpaired) electrons. The molecular formula is C7H13N3. The Kier molecular flexibility index (Phi) is 2.06. The Labute approximate surface area is 60.9 Å². The van der Waals surface area contributed by atoms with E-state index in [-0.39, 0.29) is 0 Å². The van der Waals surface area contributed by atoms with Crippen molar-refractivity contribution in [1.82, 2.24) is 9.55 Å². The first-order valence-corrected chi connectivity index (χ1v) is 3.46. The lowest BCUT2D eigenvalue weighted by Gasteiger charge is -2.09. The molecule has 0 bridgehead atoms. The van der Waals surface area contributed by atoms with Gasteiger partial charge in [-0.2, -0.15) is 0 Å². The van der Waals surface area contributed by atoms with E-state index in [1.807, 2.05) is 6.33 Å². The quantitative estimate of drug-likeness (QED) is 0.662. The third kappa shape index (κ3) is 1.19. The number of nitrogens with two attached hydrogens (primary N) is 1. The Bertz CT molecular complexity index is 202. The molecule has 0 unspecified atom stereocenters. The van der Waals surface area contributed by atoms with Crippen molar-refractivity contribution in [1.29, 1.82) is 0 Å². The van der Waals surface area contributed by atoms with Gasteiger partial charge in [-0.15, -0.1) is 0 Å². The van der Waals surface area contributed by atoms with Crippen LogP contribution >= 0.6 is 0 Å². The number of rotatable bonds is 2. The fourth-order valence-corrected chi connectivity index (χ4v) is 0.955. The van der Waals surface area contributed by atoms with Crippen molar-refractivity contribution in [3.05, 3.63) is 18.2 Å². The predicted molar refractivity (Wildman–Crippen MR) is 40.5 cm³/mol. The summed E-state index contributed by atoms with van der Waals surface area (Å²) >= 11 is 0. The molecule has 10 heavy (non-hydrogen) atoms. The smallest absolute Gasteiger partial charge is 0.0951 e. The molecule has 1 aromatic heterocycles. The van der Waals surface area contributed by atoms with Crippen molar-refractivity contribution in [3.8, 4) is 0 Å². The molecule has 0 atom stereocenters. The van der Waals surface area contributed by atoms with Gasteiger partial charge in [0.1, 0.15) is 0 Å². The van der Waals surface area contributed by atoms with Gasteiger partial charge in [-0.25, -0.2) is 4.98 Å². The maximum Gasteiger partial charge on any atom is 0.0951 e. The molecule has 0 aliphatic carbocycles. The van der Waals surface area contributed by atoms with Crippen LogP contribution in [0.2, 0.25) is 0 Å². The standard InChI is InChI=1S/C7H13N3/c1-6(2)10-5-9-4-7(10)3-8/h4-6H,3,8H2,1-2H3. The van der Waals surface area contributed by atoms with Crippen LogP contribution in [-0.4, -0.2) is 9.55 Å². The third-order valence-electron chi connectivity index (χ3n) is 1.51. The van der Waals surface area contributed by atoms with Gasteiger partial charge in [0.25, 0.3) is 0 Å². The fraction of sp³-hybridized carbons (Fsp3) is 0.571. The predicted octanol–water partition coefficient (Wildman–Crippen LogP) is 0.923. The second-order valence-electron chi connectivity index (χ2n) is 2.59. The van der Waals surface area contributed by atoms with Gasteiger partial charge < -0.3 is 10.3 Å². The summed E-state index contributed by atoms with van der Waals surface area (Å²) in [4.78, 5) is 4.00. The maximum absolute atomic E-state index is 5.47. The molecule has 56 valence electrons. The lowest BCUT2D eigenvalue weighted by atomic mass is 10.3. The first kappa shape index (κ1) is 7.28. The topological polar surface area (TPSA) is 43.8 Å². The first-order chi connectivity index (χ1) is 4.75. The largest absolute Gasteiger partial charge is 0.331 e. The normalized spacial score (nSPS) is 10.8. The van der Waals surface area contributed by atoms with Gasteiger partial charge in [0.2, 0.25) is 0 Å². The molecule has 0 fully saturated rings. The number of hydrogen-bond acceptors (Lipinski definition) is 2. The molecule has 1 heterocycles. The Hall–Kier alpha value is -0.830. The summed E-state index contributed by atoms with van der Waals surface area (Å²) in [5.41, 5.74) is 6.56. The monoisotopic (exact) mass is 139 g/mol. The summed E-state index contributed by atoms with van der Waals surface area (Å²) in [5.74, 6) is 0. The fourth-order valence-electron chi connectivity index (χ4n) is 0.955. The first-order valence-electron chi connectivity index (χ1n) is 3.46. The van der Waals surface area contributed by atoms with Crippen molar-refractivity contribution in [2.75, 3.05) is 0 Å². The van der Waals surface area contributed by atoms with Crippen LogP contribution in [0.25, 0.3) is 0 Å². The van der Waals surface area contributed by atoms with Crippen molar-refractivity contribution < 1.29 is 0 Å². The number of nitrogens with zero attached hydrogens (tertiary/aromatic N) is 2. The van der Waals surface area contributed by atoms with Crippen LogP contribution in [0.3, 0.4) is 0 Å². The minimum atomic E-state index is 0.459. The highest BCUT2D eigenvalue weighted by Gasteiger charge is 2.01. The number of imidazole rings is 1. The zero-order chi connectivity index (χ0) is 7.56. The average molecular weight is 139 g/mol. The molecule has 0 spiro atoms. The molecule has 3 heteroatoms. The van der Waals surface area contributed by atoms with Crippen molar-refractivity contribution >= 4 is 0 Å². The zero-order valence-corrected chi connectivity index (χ0v) is 6.41. The van der Waals surface area contributed by atoms with Crippen molar-refractivity contribution in [2.24, 2.45) is 5.73 Å². The lowest BCUT2D eigenvalue weighted by Crippen LogP contribution is -2.07. The zero-order valence-electron chi connectivity index (χ0n) is 6.41. The van der Waals surface area contributed by atoms with Gasteiger partial charge in [0, 0.05) is 18.8 Å². The molecule has 1 aromatic rings. The second-order valence-corrected chi connectivity index (χ2v) is 2.59. The van der Waals surface area contributed by atoms with Crippen molar-refractivity contribution in [2.45, 2.75) is 26.4 Å². The van der Waals surface area contributed by atoms with E-state index < -0.39 is 0 Å². The van der Waals surface area contributed by atoms with Gasteiger partial charge in [0.15, 0.2) is 0 Å². The molecule has 0 saturated carbocycles. The number of hydrogen-bond donors (Lipinski definition) is 1. The Morgan fingerprint density at radius 3 is 2.80 bits per heavy atom. The van der Waals surface area contributed by atoms with E-state index in [0.29, 0.717) is 12.6 Å². The molecule has 0 saturated heterocycles. The SMILES string of the molecule is CC(C)n1cncc1CN. The molecule has 0 amide bonds. The summed E-state index contributed by atoms with van der Waals surface area (Å²) in [7, 11) is 0. The third-order valence-corrected chi connectivity index (χ3v) is 1.51. The maximum atomic E-state index is 5.47. The van der Waals surface area contributed by atoms with E-state index in [1.54, 1.807) is 6.20 Å². The van der Waals surface area contributed by atoms with Crippen LogP contribution in [0, 0.1) is 0 Å². The van der Waals surface area contributed by atoms with Gasteiger partial charge in [-0.05, 0) is 13.8 Å². The minimum absolute atomic E-state index is 0.459. The lowest BCUT2D eigenvalue weighted by molar-refractivity contribution is 0.574. The van der Waals surface area contributed by atoms with E-state index in [2.05, 4.69) is 23.4 Å². The van der Waals surface area contributed by atoms with E-state index in [0.717, 1.165) is 5.69 Å². The highest BCUT2D eigenvalue weighted by atomic mass is 15.1. The summed E-state index contributed by atoms with van der Waals surface area (Å²) < 4.78 is 2.07. The van der Waals surface area contributed by atoms with Crippen molar-refractivity contribution in [3.63, 3.8) is 0 Å². The van der Waals surface area contributed by atoms with Crippen LogP contribution in [0.15, 0.2) is 12.5 Å². The van der Waals surface area contributed by atoms with Crippen LogP contribution < -0.4 is 5.73 Å². The molecule has 2 N–H and O–H groups in total. The summed E-state index contributed by atoms with van der Waals surface area (Å²) in [6, 6.07) is 0.459. The molecule has 1 rings (SSSR count). The Morgan fingerprint density at radius 2 is 2.40 bits per heavy atom. The van der Waals surface area contributed by atoms with Crippen LogP contribution in [0.1, 0.15) is 25.6 Å². The van der Waals surface area contributed by atoms with Crippen LogP contribution in [0.5, 0.6) is 0 Å². The molecule has 0 aliphatic heterocycles. The Balaban J connectivity index is 2.90. The molecule has 0 aromatic carbocycles. The van der Waals surface area contributed by atoms with Crippen LogP contribution in [0.4, 0.5) is 0 Å². The van der Waals surface area contributed by atoms with Gasteiger partial charge >= 0.3 is 0 Å². The number of aromatic nitrogens is 2. The van der Waals surface area contributed by atoms with E-state index in [9.17, 15) is 0 Å². The van der Waals surface area contributed by atoms with E-state index in [4.69, 9.17) is 5.73 Å². The highest BCUT2D eigenvalue weighted by molar-refractivity contribution is 4.98. The van der Waals surface area contributed by atoms with E-state index >= 15 is 0 Å². The Morgan fingerprint density at radius 1 is 1.70 bits per heavy atom. The van der Waals surface area contributed by atoms with Gasteiger partial charge in [-0.3, -0.25) is 0 Å². The molecule has 3 nitrogen and oxygen atoms in total. The second kappa shape index (κ2) is 2.84. The highest BCUT2D eigenvalue weighted by Crippen LogP contribution is 2.06. The minimum Gasteiger partial charge on any atom is -0.331 e. The average Bonchev–Trinajstić information content (AvgIpc) is 2.33. The summed E-state index contributed by atoms with van der Waals surface area (Å²) in [6.07, 6.45) is 3.62. The molecular weight excluding hydrogens is 126 g/mol. The van der Waals surface area contributed by atoms with Gasteiger partial charge in [-0.1, -0.05) is 0 Å². The summed E-state index contributed by atoms with van der Waals surface area (Å²) in [6.45, 7) is 4.79. The van der Waals surface area contributed by atoms with E-state index in [1.165, 1.54) is 0 Å².